The molecule has 2 aromatic carbocycles. The second kappa shape index (κ2) is 8.78. The van der Waals surface area contributed by atoms with Gasteiger partial charge in [-0.25, -0.2) is 4.68 Å². The molecule has 3 rings (SSSR count). The lowest BCUT2D eigenvalue weighted by Gasteiger charge is -2.10. The van der Waals surface area contributed by atoms with Crippen molar-refractivity contribution in [3.05, 3.63) is 76.6 Å². The Kier molecular flexibility index (Phi) is 5.97. The number of benzene rings is 2. The number of carbonyl (C=O) groups is 1. The topological polar surface area (TPSA) is 109 Å². The number of anilines is 1. The third-order valence-corrected chi connectivity index (χ3v) is 3.64. The van der Waals surface area contributed by atoms with Crippen LogP contribution in [-0.4, -0.2) is 27.2 Å². The quantitative estimate of drug-likeness (QED) is 0.453. The van der Waals surface area contributed by atoms with Gasteiger partial charge in [0.25, 0.3) is 5.91 Å². The molecular weight excluding hydrogens is 390 g/mol. The number of nitrogens with one attached hydrogen (secondary N) is 1. The van der Waals surface area contributed by atoms with Gasteiger partial charge in [-0.05, 0) is 24.3 Å². The molecule has 9 nitrogen and oxygen atoms in total. The molecule has 0 bridgehead atoms. The first-order valence-electron chi connectivity index (χ1n) is 8.19. The van der Waals surface area contributed by atoms with E-state index in [2.05, 4.69) is 15.2 Å². The summed E-state index contributed by atoms with van der Waals surface area (Å²) in [7, 11) is 0. The van der Waals surface area contributed by atoms with Crippen molar-refractivity contribution in [1.82, 2.24) is 9.78 Å². The van der Waals surface area contributed by atoms with E-state index >= 15 is 0 Å². The molecule has 11 heteroatoms. The maximum atomic E-state index is 12.5. The van der Waals surface area contributed by atoms with Crippen molar-refractivity contribution in [3.8, 4) is 11.5 Å². The number of alkyl halides is 2. The summed E-state index contributed by atoms with van der Waals surface area (Å²) in [6.45, 7) is -3.21. The molecule has 0 aliphatic rings. The van der Waals surface area contributed by atoms with Crippen LogP contribution in [0, 0.1) is 10.1 Å². The third kappa shape index (κ3) is 5.03. The van der Waals surface area contributed by atoms with E-state index < -0.39 is 17.4 Å². The average Bonchev–Trinajstić information content (AvgIpc) is 3.17. The lowest BCUT2D eigenvalue weighted by atomic mass is 10.3. The van der Waals surface area contributed by atoms with E-state index in [1.807, 2.05) is 0 Å². The Hall–Kier alpha value is -4.02. The molecule has 0 aliphatic carbocycles. The van der Waals surface area contributed by atoms with Gasteiger partial charge in [0.1, 0.15) is 5.75 Å². The number of hydrogen-bond acceptors (Lipinski definition) is 6. The summed E-state index contributed by atoms with van der Waals surface area (Å²) in [4.78, 5) is 22.7. The number of para-hydroxylation sites is 4. The maximum absolute atomic E-state index is 12.5. The summed E-state index contributed by atoms with van der Waals surface area (Å²) >= 11 is 0. The van der Waals surface area contributed by atoms with E-state index in [4.69, 9.17) is 4.74 Å². The van der Waals surface area contributed by atoms with E-state index in [9.17, 15) is 23.7 Å². The van der Waals surface area contributed by atoms with Gasteiger partial charge in [0.15, 0.2) is 18.2 Å². The second-order valence-electron chi connectivity index (χ2n) is 5.57. The van der Waals surface area contributed by atoms with E-state index in [0.29, 0.717) is 0 Å². The third-order valence-electron chi connectivity index (χ3n) is 3.64. The molecule has 0 atom stereocenters. The minimum absolute atomic E-state index is 0.0111. The first kappa shape index (κ1) is 19.7. The van der Waals surface area contributed by atoms with Crippen LogP contribution in [0.2, 0.25) is 0 Å². The Morgan fingerprint density at radius 1 is 1.14 bits per heavy atom. The summed E-state index contributed by atoms with van der Waals surface area (Å²) in [5.74, 6) is -0.785. The van der Waals surface area contributed by atoms with Gasteiger partial charge in [0, 0.05) is 12.3 Å². The van der Waals surface area contributed by atoms with Gasteiger partial charge in [-0.1, -0.05) is 24.3 Å². The number of nitro groups is 1. The molecule has 0 saturated heterocycles. The highest BCUT2D eigenvalue weighted by molar-refractivity contribution is 6.03. The van der Waals surface area contributed by atoms with Crippen LogP contribution in [0.1, 0.15) is 10.5 Å². The van der Waals surface area contributed by atoms with Crippen molar-refractivity contribution in [2.75, 3.05) is 5.32 Å². The Labute approximate surface area is 162 Å². The largest absolute Gasteiger partial charge is 0.464 e. The van der Waals surface area contributed by atoms with Gasteiger partial charge in [-0.15, -0.1) is 0 Å². The van der Waals surface area contributed by atoms with Crippen LogP contribution in [0.5, 0.6) is 11.5 Å². The molecule has 0 saturated carbocycles. The Bertz CT molecular complexity index is 1020. The molecule has 0 unspecified atom stereocenters. The minimum atomic E-state index is -3.04. The van der Waals surface area contributed by atoms with Crippen LogP contribution in [-0.2, 0) is 6.73 Å². The highest BCUT2D eigenvalue weighted by atomic mass is 19.3. The van der Waals surface area contributed by atoms with Crippen molar-refractivity contribution < 1.29 is 28.0 Å². The SMILES string of the molecule is O=C(Nc1ccccc1OC(F)F)c1ccn(COc2ccccc2[N+](=O)[O-])n1. The van der Waals surface area contributed by atoms with Gasteiger partial charge in [-0.2, -0.15) is 13.9 Å². The zero-order chi connectivity index (χ0) is 20.8. The number of carbonyl (C=O) groups excluding carboxylic acids is 1. The molecule has 1 amide bonds. The summed E-state index contributed by atoms with van der Waals surface area (Å²) < 4.78 is 35.9. The zero-order valence-electron chi connectivity index (χ0n) is 14.7. The highest BCUT2D eigenvalue weighted by Crippen LogP contribution is 2.27. The van der Waals surface area contributed by atoms with Gasteiger partial charge in [0.05, 0.1) is 10.6 Å². The van der Waals surface area contributed by atoms with Gasteiger partial charge in [0.2, 0.25) is 0 Å². The average molecular weight is 404 g/mol. The lowest BCUT2D eigenvalue weighted by molar-refractivity contribution is -0.386. The predicted octanol–water partition coefficient (Wildman–Crippen LogP) is 3.68. The molecule has 1 N–H and O–H groups in total. The fraction of sp³-hybridized carbons (Fsp3) is 0.111. The molecule has 29 heavy (non-hydrogen) atoms. The number of halogens is 2. The smallest absolute Gasteiger partial charge is 0.387 e. The normalized spacial score (nSPS) is 10.6. The summed E-state index contributed by atoms with van der Waals surface area (Å²) in [5.41, 5.74) is -0.153. The molecule has 3 aromatic rings. The van der Waals surface area contributed by atoms with Crippen LogP contribution < -0.4 is 14.8 Å². The van der Waals surface area contributed by atoms with Crippen LogP contribution in [0.4, 0.5) is 20.2 Å². The zero-order valence-corrected chi connectivity index (χ0v) is 14.7. The number of nitrogens with zero attached hydrogens (tertiary/aromatic N) is 3. The van der Waals surface area contributed by atoms with E-state index in [1.165, 1.54) is 53.3 Å². The molecule has 0 aliphatic heterocycles. The number of hydrogen-bond donors (Lipinski definition) is 1. The Morgan fingerprint density at radius 3 is 2.55 bits per heavy atom. The monoisotopic (exact) mass is 404 g/mol. The molecule has 0 radical (unpaired) electrons. The van der Waals surface area contributed by atoms with E-state index in [1.54, 1.807) is 12.1 Å². The predicted molar refractivity (Wildman–Crippen MR) is 97.0 cm³/mol. The number of ether oxygens (including phenoxy) is 2. The van der Waals surface area contributed by atoms with Gasteiger partial charge >= 0.3 is 12.3 Å². The number of nitro benzene ring substituents is 1. The van der Waals surface area contributed by atoms with E-state index in [-0.39, 0.29) is 35.3 Å². The van der Waals surface area contributed by atoms with Crippen LogP contribution in [0.15, 0.2) is 60.8 Å². The number of amides is 1. The van der Waals surface area contributed by atoms with Crippen LogP contribution >= 0.6 is 0 Å². The number of rotatable bonds is 8. The van der Waals surface area contributed by atoms with Crippen molar-refractivity contribution in [2.45, 2.75) is 13.3 Å². The fourth-order valence-corrected chi connectivity index (χ4v) is 2.38. The van der Waals surface area contributed by atoms with Crippen LogP contribution in [0.25, 0.3) is 0 Å². The first-order chi connectivity index (χ1) is 13.9. The van der Waals surface area contributed by atoms with E-state index in [0.717, 1.165) is 0 Å². The van der Waals surface area contributed by atoms with Crippen molar-refractivity contribution in [3.63, 3.8) is 0 Å². The first-order valence-corrected chi connectivity index (χ1v) is 8.19. The van der Waals surface area contributed by atoms with Crippen LogP contribution in [0.3, 0.4) is 0 Å². The molecular formula is C18H14F2N4O5. The van der Waals surface area contributed by atoms with Gasteiger partial charge in [-0.3, -0.25) is 14.9 Å². The van der Waals surface area contributed by atoms with Gasteiger partial charge < -0.3 is 14.8 Å². The standard InChI is InChI=1S/C18H14F2N4O5/c19-18(20)29-15-7-3-1-5-12(15)21-17(25)13-9-10-23(22-13)11-28-16-8-4-2-6-14(16)24(26)27/h1-10,18H,11H2,(H,21,25). The Morgan fingerprint density at radius 2 is 1.83 bits per heavy atom. The van der Waals surface area contributed by atoms with Crippen molar-refractivity contribution >= 4 is 17.3 Å². The summed E-state index contributed by atoms with van der Waals surface area (Å²) in [5, 5.41) is 17.4. The summed E-state index contributed by atoms with van der Waals surface area (Å²) in [6, 6.07) is 13.0. The molecule has 0 fully saturated rings. The van der Waals surface area contributed by atoms with Crippen molar-refractivity contribution in [1.29, 1.82) is 0 Å². The Balaban J connectivity index is 1.66. The maximum Gasteiger partial charge on any atom is 0.387 e. The summed E-state index contributed by atoms with van der Waals surface area (Å²) in [6.07, 6.45) is 1.44. The molecule has 150 valence electrons. The lowest BCUT2D eigenvalue weighted by Crippen LogP contribution is -2.15. The van der Waals surface area contributed by atoms with Crippen molar-refractivity contribution in [2.24, 2.45) is 0 Å². The minimum Gasteiger partial charge on any atom is -0.464 e. The molecule has 0 spiro atoms. The molecule has 1 heterocycles. The highest BCUT2D eigenvalue weighted by Gasteiger charge is 2.16. The molecule has 1 aromatic heterocycles. The second-order valence-corrected chi connectivity index (χ2v) is 5.57. The number of aromatic nitrogens is 2. The fourth-order valence-electron chi connectivity index (χ4n) is 2.38.